The van der Waals surface area contributed by atoms with Crippen molar-refractivity contribution in [2.24, 2.45) is 0 Å². The Labute approximate surface area is 144 Å². The number of H-pyrrole nitrogens is 1. The molecule has 23 heavy (non-hydrogen) atoms. The van der Waals surface area contributed by atoms with Gasteiger partial charge in [0.25, 0.3) is 0 Å². The summed E-state index contributed by atoms with van der Waals surface area (Å²) in [7, 11) is 0. The zero-order valence-corrected chi connectivity index (χ0v) is 15.5. The van der Waals surface area contributed by atoms with Crippen molar-refractivity contribution in [3.63, 3.8) is 0 Å². The number of nitrogens with one attached hydrogen (secondary N) is 1. The van der Waals surface area contributed by atoms with Crippen molar-refractivity contribution in [2.75, 3.05) is 6.54 Å². The molecule has 1 N–H and O–H groups in total. The van der Waals surface area contributed by atoms with Crippen molar-refractivity contribution in [1.82, 2.24) is 14.9 Å². The lowest BCUT2D eigenvalue weighted by Crippen LogP contribution is -2.36. The highest BCUT2D eigenvalue weighted by Gasteiger charge is 2.34. The first-order chi connectivity index (χ1) is 10.7. The third kappa shape index (κ3) is 3.37. The van der Waals surface area contributed by atoms with Crippen LogP contribution < -0.4 is 0 Å². The minimum Gasteiger partial charge on any atom is -0.444 e. The normalized spacial score (nSPS) is 18.7. The lowest BCUT2D eigenvalue weighted by atomic mass is 10.1. The van der Waals surface area contributed by atoms with Gasteiger partial charge in [-0.25, -0.2) is 9.78 Å². The summed E-state index contributed by atoms with van der Waals surface area (Å²) in [6.07, 6.45) is 1.69. The number of aromatic amines is 1. The minimum atomic E-state index is -0.476. The number of rotatable bonds is 1. The smallest absolute Gasteiger partial charge is 0.410 e. The van der Waals surface area contributed by atoms with Crippen LogP contribution in [0.15, 0.2) is 16.7 Å². The fourth-order valence-electron chi connectivity index (χ4n) is 3.09. The van der Waals surface area contributed by atoms with E-state index in [9.17, 15) is 4.79 Å². The van der Waals surface area contributed by atoms with Gasteiger partial charge in [-0.1, -0.05) is 0 Å². The number of hydrogen-bond acceptors (Lipinski definition) is 3. The predicted molar refractivity (Wildman–Crippen MR) is 93.4 cm³/mol. The molecule has 3 heterocycles. The highest BCUT2D eigenvalue weighted by atomic mass is 79.9. The zero-order valence-electron chi connectivity index (χ0n) is 13.9. The summed E-state index contributed by atoms with van der Waals surface area (Å²) in [4.78, 5) is 22.2. The minimum absolute atomic E-state index is 0.0374. The van der Waals surface area contributed by atoms with Gasteiger partial charge in [0.2, 0.25) is 0 Å². The van der Waals surface area contributed by atoms with Gasteiger partial charge in [-0.2, -0.15) is 0 Å². The fourth-order valence-corrected chi connectivity index (χ4v) is 3.58. The number of carbonyl (C=O) groups is 1. The van der Waals surface area contributed by atoms with Gasteiger partial charge in [-0.15, -0.1) is 0 Å². The molecular weight excluding hydrogens is 358 g/mol. The SMILES string of the molecule is Cc1nc(Br)cc2[nH]c([C@H]3CCCN3C(=O)OC(C)(C)C)cc12. The molecule has 0 radical (unpaired) electrons. The van der Waals surface area contributed by atoms with Gasteiger partial charge >= 0.3 is 6.09 Å². The number of halogens is 1. The van der Waals surface area contributed by atoms with E-state index in [-0.39, 0.29) is 12.1 Å². The molecule has 1 aliphatic heterocycles. The number of aromatic nitrogens is 2. The van der Waals surface area contributed by atoms with Crippen LogP contribution in [-0.2, 0) is 4.74 Å². The lowest BCUT2D eigenvalue weighted by Gasteiger charge is -2.28. The third-order valence-electron chi connectivity index (χ3n) is 4.04. The molecule has 1 atom stereocenters. The van der Waals surface area contributed by atoms with E-state index in [0.29, 0.717) is 0 Å². The van der Waals surface area contributed by atoms with Gasteiger partial charge in [0.1, 0.15) is 10.2 Å². The van der Waals surface area contributed by atoms with E-state index in [1.807, 2.05) is 38.7 Å². The fraction of sp³-hybridized carbons (Fsp3) is 0.529. The molecule has 6 heteroatoms. The molecule has 3 rings (SSSR count). The first kappa shape index (κ1) is 16.3. The Hall–Kier alpha value is -1.56. The largest absolute Gasteiger partial charge is 0.444 e. The number of hydrogen-bond donors (Lipinski definition) is 1. The molecular formula is C17H22BrN3O2. The predicted octanol–water partition coefficient (Wildman–Crippen LogP) is 4.71. The molecule has 124 valence electrons. The summed E-state index contributed by atoms with van der Waals surface area (Å²) in [6.45, 7) is 8.41. The van der Waals surface area contributed by atoms with Gasteiger partial charge < -0.3 is 9.72 Å². The van der Waals surface area contributed by atoms with Crippen LogP contribution in [0.25, 0.3) is 10.9 Å². The number of nitrogens with zero attached hydrogens (tertiary/aromatic N) is 2. The van der Waals surface area contributed by atoms with Crippen molar-refractivity contribution in [1.29, 1.82) is 0 Å². The van der Waals surface area contributed by atoms with E-state index in [1.165, 1.54) is 0 Å². The Balaban J connectivity index is 1.91. The van der Waals surface area contributed by atoms with Crippen LogP contribution in [0.2, 0.25) is 0 Å². The molecule has 1 amide bonds. The summed E-state index contributed by atoms with van der Waals surface area (Å²) < 4.78 is 6.35. The molecule has 0 unspecified atom stereocenters. The number of aryl methyl sites for hydroxylation is 1. The Morgan fingerprint density at radius 3 is 2.87 bits per heavy atom. The standard InChI is InChI=1S/C17H22BrN3O2/c1-10-11-8-13(20-12(11)9-15(18)19-10)14-6-5-7-21(14)16(22)23-17(2,3)4/h8-9,14,20H,5-7H2,1-4H3/t14-/m1/s1. The summed E-state index contributed by atoms with van der Waals surface area (Å²) >= 11 is 3.43. The highest BCUT2D eigenvalue weighted by molar-refractivity contribution is 9.10. The van der Waals surface area contributed by atoms with Crippen molar-refractivity contribution in [2.45, 2.75) is 52.2 Å². The summed E-state index contributed by atoms with van der Waals surface area (Å²) in [6, 6.07) is 4.12. The van der Waals surface area contributed by atoms with Crippen molar-refractivity contribution >= 4 is 32.9 Å². The monoisotopic (exact) mass is 379 g/mol. The molecule has 0 bridgehead atoms. The Morgan fingerprint density at radius 2 is 2.17 bits per heavy atom. The topological polar surface area (TPSA) is 58.2 Å². The van der Waals surface area contributed by atoms with Crippen molar-refractivity contribution in [3.05, 3.63) is 28.1 Å². The Bertz CT molecular complexity index is 748. The van der Waals surface area contributed by atoms with Gasteiger partial charge in [0.05, 0.1) is 11.6 Å². The second-order valence-electron chi connectivity index (χ2n) is 7.05. The van der Waals surface area contributed by atoms with E-state index >= 15 is 0 Å². The molecule has 1 saturated heterocycles. The molecule has 1 aliphatic rings. The summed E-state index contributed by atoms with van der Waals surface area (Å²) in [5, 5.41) is 1.10. The van der Waals surface area contributed by atoms with Crippen LogP contribution in [0, 0.1) is 6.92 Å². The quantitative estimate of drug-likeness (QED) is 0.730. The number of likely N-dealkylation sites (tertiary alicyclic amines) is 1. The molecule has 0 saturated carbocycles. The van der Waals surface area contributed by atoms with Gasteiger partial charge in [-0.05, 0) is 68.6 Å². The van der Waals surface area contributed by atoms with E-state index in [2.05, 4.69) is 32.0 Å². The van der Waals surface area contributed by atoms with Crippen LogP contribution in [0.3, 0.4) is 0 Å². The maximum Gasteiger partial charge on any atom is 0.410 e. The summed E-state index contributed by atoms with van der Waals surface area (Å²) in [5.74, 6) is 0. The maximum absolute atomic E-state index is 12.5. The zero-order chi connectivity index (χ0) is 16.8. The van der Waals surface area contributed by atoms with Crippen LogP contribution in [0.5, 0.6) is 0 Å². The van der Waals surface area contributed by atoms with Gasteiger partial charge in [-0.3, -0.25) is 4.90 Å². The second-order valence-corrected chi connectivity index (χ2v) is 7.86. The molecule has 0 aliphatic carbocycles. The van der Waals surface area contributed by atoms with E-state index < -0.39 is 5.60 Å². The van der Waals surface area contributed by atoms with Crippen LogP contribution in [0.4, 0.5) is 4.79 Å². The van der Waals surface area contributed by atoms with Crippen molar-refractivity contribution in [3.8, 4) is 0 Å². The first-order valence-corrected chi connectivity index (χ1v) is 8.69. The molecule has 0 aromatic carbocycles. The Morgan fingerprint density at radius 1 is 1.43 bits per heavy atom. The summed E-state index contributed by atoms with van der Waals surface area (Å²) in [5.41, 5.74) is 2.58. The average molecular weight is 380 g/mol. The van der Waals surface area contributed by atoms with E-state index in [0.717, 1.165) is 46.3 Å². The number of amides is 1. The number of pyridine rings is 1. The highest BCUT2D eigenvalue weighted by Crippen LogP contribution is 2.35. The molecule has 2 aromatic rings. The third-order valence-corrected chi connectivity index (χ3v) is 4.44. The number of carbonyl (C=O) groups excluding carboxylic acids is 1. The van der Waals surface area contributed by atoms with Crippen LogP contribution in [-0.4, -0.2) is 33.1 Å². The number of ether oxygens (including phenoxy) is 1. The van der Waals surface area contributed by atoms with E-state index in [1.54, 1.807) is 0 Å². The molecule has 2 aromatic heterocycles. The molecule has 0 spiro atoms. The second kappa shape index (κ2) is 5.82. The molecule has 5 nitrogen and oxygen atoms in total. The average Bonchev–Trinajstić information content (AvgIpc) is 3.00. The van der Waals surface area contributed by atoms with Gasteiger partial charge in [0, 0.05) is 23.3 Å². The molecule has 1 fully saturated rings. The maximum atomic E-state index is 12.5. The first-order valence-electron chi connectivity index (χ1n) is 7.90. The number of fused-ring (bicyclic) bond motifs is 1. The van der Waals surface area contributed by atoms with Gasteiger partial charge in [0.15, 0.2) is 0 Å². The lowest BCUT2D eigenvalue weighted by molar-refractivity contribution is 0.0222. The Kier molecular flexibility index (Phi) is 4.12. The van der Waals surface area contributed by atoms with E-state index in [4.69, 9.17) is 4.74 Å². The van der Waals surface area contributed by atoms with Crippen molar-refractivity contribution < 1.29 is 9.53 Å². The van der Waals surface area contributed by atoms with Crippen LogP contribution >= 0.6 is 15.9 Å². The van der Waals surface area contributed by atoms with Crippen LogP contribution in [0.1, 0.15) is 51.0 Å².